The Kier molecular flexibility index (Phi) is 4.01. The van der Waals surface area contributed by atoms with Crippen LogP contribution in [0.3, 0.4) is 0 Å². The van der Waals surface area contributed by atoms with E-state index in [0.29, 0.717) is 29.5 Å². The van der Waals surface area contributed by atoms with Crippen LogP contribution >= 0.6 is 0 Å². The predicted molar refractivity (Wildman–Crippen MR) is 80.4 cm³/mol. The van der Waals surface area contributed by atoms with E-state index < -0.39 is 0 Å². The summed E-state index contributed by atoms with van der Waals surface area (Å²) in [5, 5.41) is 3.09. The number of amides is 1. The highest BCUT2D eigenvalue weighted by Crippen LogP contribution is 2.39. The Morgan fingerprint density at radius 3 is 2.95 bits per heavy atom. The monoisotopic (exact) mass is 290 g/mol. The maximum Gasteiger partial charge on any atom is 0.255 e. The first kappa shape index (κ1) is 14.2. The van der Waals surface area contributed by atoms with E-state index >= 15 is 0 Å². The van der Waals surface area contributed by atoms with Crippen molar-refractivity contribution in [2.45, 2.75) is 38.3 Å². The van der Waals surface area contributed by atoms with Gasteiger partial charge in [-0.2, -0.15) is 0 Å². The zero-order chi connectivity index (χ0) is 14.8. The summed E-state index contributed by atoms with van der Waals surface area (Å²) in [5.41, 5.74) is 6.90. The number of para-hydroxylation sites is 1. The molecule has 1 saturated heterocycles. The fraction of sp³-hybridized carbons (Fsp3) is 0.562. The third-order valence-electron chi connectivity index (χ3n) is 4.12. The van der Waals surface area contributed by atoms with Gasteiger partial charge in [-0.3, -0.25) is 4.79 Å². The summed E-state index contributed by atoms with van der Waals surface area (Å²) >= 11 is 0. The fourth-order valence-corrected chi connectivity index (χ4v) is 2.94. The number of ether oxygens (including phenoxy) is 2. The lowest BCUT2D eigenvalue weighted by atomic mass is 10.1. The van der Waals surface area contributed by atoms with Gasteiger partial charge in [0.25, 0.3) is 5.91 Å². The van der Waals surface area contributed by atoms with E-state index in [1.807, 2.05) is 6.92 Å². The second kappa shape index (κ2) is 5.93. The van der Waals surface area contributed by atoms with Gasteiger partial charge >= 0.3 is 0 Å². The number of anilines is 1. The second-order valence-electron chi connectivity index (χ2n) is 5.70. The number of carbonyl (C=O) groups excluding carboxylic acids is 1. The molecule has 3 rings (SSSR count). The van der Waals surface area contributed by atoms with Crippen molar-refractivity contribution >= 4 is 11.6 Å². The first-order valence-electron chi connectivity index (χ1n) is 7.64. The molecule has 0 radical (unpaired) electrons. The molecular formula is C16H22N2O3. The Morgan fingerprint density at radius 1 is 1.43 bits per heavy atom. The molecule has 2 fully saturated rings. The molecule has 2 aliphatic rings. The first-order valence-corrected chi connectivity index (χ1v) is 7.64. The lowest BCUT2D eigenvalue weighted by molar-refractivity contribution is 0.0728. The van der Waals surface area contributed by atoms with Gasteiger partial charge in [-0.05, 0) is 44.2 Å². The molecule has 1 aromatic rings. The molecule has 1 amide bonds. The van der Waals surface area contributed by atoms with E-state index in [1.165, 1.54) is 12.8 Å². The van der Waals surface area contributed by atoms with E-state index in [2.05, 4.69) is 5.32 Å². The predicted octanol–water partition coefficient (Wildman–Crippen LogP) is 1.96. The van der Waals surface area contributed by atoms with Gasteiger partial charge in [0.15, 0.2) is 5.75 Å². The van der Waals surface area contributed by atoms with Gasteiger partial charge in [-0.25, -0.2) is 0 Å². The largest absolute Gasteiger partial charge is 0.491 e. The quantitative estimate of drug-likeness (QED) is 0.813. The molecule has 114 valence electrons. The Bertz CT molecular complexity index is 528. The average molecular weight is 290 g/mol. The van der Waals surface area contributed by atoms with E-state index in [9.17, 15) is 4.79 Å². The summed E-state index contributed by atoms with van der Waals surface area (Å²) in [4.78, 5) is 12.5. The molecule has 1 heterocycles. The van der Waals surface area contributed by atoms with Gasteiger partial charge in [-0.15, -0.1) is 0 Å². The lowest BCUT2D eigenvalue weighted by Gasteiger charge is -2.20. The lowest BCUT2D eigenvalue weighted by Crippen LogP contribution is -2.41. The highest BCUT2D eigenvalue weighted by molar-refractivity contribution is 5.98. The topological polar surface area (TPSA) is 73.6 Å². The number of hydrogen-bond acceptors (Lipinski definition) is 4. The zero-order valence-electron chi connectivity index (χ0n) is 12.3. The van der Waals surface area contributed by atoms with Crippen molar-refractivity contribution in [1.82, 2.24) is 5.32 Å². The van der Waals surface area contributed by atoms with Crippen LogP contribution in [0.4, 0.5) is 5.69 Å². The second-order valence-corrected chi connectivity index (χ2v) is 5.70. The Morgan fingerprint density at radius 2 is 2.24 bits per heavy atom. The van der Waals surface area contributed by atoms with Crippen molar-refractivity contribution in [3.8, 4) is 5.75 Å². The van der Waals surface area contributed by atoms with Crippen molar-refractivity contribution in [1.29, 1.82) is 0 Å². The van der Waals surface area contributed by atoms with E-state index in [4.69, 9.17) is 15.2 Å². The number of nitrogen functional groups attached to an aromatic ring is 1. The van der Waals surface area contributed by atoms with Gasteiger partial charge in [0, 0.05) is 6.61 Å². The summed E-state index contributed by atoms with van der Waals surface area (Å²) in [6, 6.07) is 5.36. The van der Waals surface area contributed by atoms with Gasteiger partial charge in [0.1, 0.15) is 0 Å². The molecule has 0 aromatic heterocycles. The smallest absolute Gasteiger partial charge is 0.255 e. The molecule has 2 unspecified atom stereocenters. The third-order valence-corrected chi connectivity index (χ3v) is 4.12. The molecule has 1 saturated carbocycles. The Balaban J connectivity index is 1.74. The van der Waals surface area contributed by atoms with E-state index in [-0.39, 0.29) is 18.1 Å². The van der Waals surface area contributed by atoms with Gasteiger partial charge in [0.2, 0.25) is 0 Å². The number of carbonyl (C=O) groups is 1. The normalized spacial score (nSPS) is 24.8. The Labute approximate surface area is 124 Å². The van der Waals surface area contributed by atoms with Crippen LogP contribution in [0.2, 0.25) is 0 Å². The van der Waals surface area contributed by atoms with Crippen molar-refractivity contribution < 1.29 is 14.3 Å². The molecule has 2 atom stereocenters. The van der Waals surface area contributed by atoms with Crippen LogP contribution in [0, 0.1) is 5.92 Å². The van der Waals surface area contributed by atoms with E-state index in [0.717, 1.165) is 13.0 Å². The van der Waals surface area contributed by atoms with Crippen molar-refractivity contribution in [3.63, 3.8) is 0 Å². The molecule has 3 N–H and O–H groups in total. The fourth-order valence-electron chi connectivity index (χ4n) is 2.94. The molecule has 0 bridgehead atoms. The van der Waals surface area contributed by atoms with Gasteiger partial charge < -0.3 is 20.5 Å². The molecule has 1 aliphatic carbocycles. The van der Waals surface area contributed by atoms with Crippen molar-refractivity contribution in [3.05, 3.63) is 23.8 Å². The van der Waals surface area contributed by atoms with Crippen molar-refractivity contribution in [2.75, 3.05) is 18.9 Å². The highest BCUT2D eigenvalue weighted by Gasteiger charge is 2.41. The highest BCUT2D eigenvalue weighted by atomic mass is 16.5. The summed E-state index contributed by atoms with van der Waals surface area (Å²) < 4.78 is 11.3. The minimum Gasteiger partial charge on any atom is -0.491 e. The molecule has 5 nitrogen and oxygen atoms in total. The number of nitrogens with one attached hydrogen (secondary N) is 1. The van der Waals surface area contributed by atoms with Gasteiger partial charge in [0.05, 0.1) is 30.0 Å². The van der Waals surface area contributed by atoms with Crippen molar-refractivity contribution in [2.24, 2.45) is 5.92 Å². The Hall–Kier alpha value is -1.75. The van der Waals surface area contributed by atoms with Crippen LogP contribution in [0.5, 0.6) is 5.75 Å². The van der Waals surface area contributed by atoms with Crippen LogP contribution in [0.25, 0.3) is 0 Å². The summed E-state index contributed by atoms with van der Waals surface area (Å²) in [6.45, 7) is 3.08. The molecule has 5 heteroatoms. The van der Waals surface area contributed by atoms with Crippen LogP contribution in [0.15, 0.2) is 18.2 Å². The molecule has 0 spiro atoms. The zero-order valence-corrected chi connectivity index (χ0v) is 12.3. The number of benzene rings is 1. The average Bonchev–Trinajstić information content (AvgIpc) is 3.21. The molecule has 1 aromatic carbocycles. The minimum atomic E-state index is -0.132. The molecule has 1 aliphatic heterocycles. The third kappa shape index (κ3) is 2.97. The minimum absolute atomic E-state index is 0.0981. The number of nitrogens with two attached hydrogens (primary N) is 1. The van der Waals surface area contributed by atoms with Crippen LogP contribution in [-0.4, -0.2) is 31.3 Å². The maximum absolute atomic E-state index is 12.5. The number of hydrogen-bond donors (Lipinski definition) is 2. The van der Waals surface area contributed by atoms with Gasteiger partial charge in [-0.1, -0.05) is 6.07 Å². The number of rotatable bonds is 5. The van der Waals surface area contributed by atoms with E-state index in [1.54, 1.807) is 18.2 Å². The summed E-state index contributed by atoms with van der Waals surface area (Å²) in [7, 11) is 0. The first-order chi connectivity index (χ1) is 10.2. The van der Waals surface area contributed by atoms with Crippen LogP contribution in [0.1, 0.15) is 36.5 Å². The maximum atomic E-state index is 12.5. The SMILES string of the molecule is CCOc1c(N)cccc1C(=O)NC1CCOC1C1CC1. The molecule has 21 heavy (non-hydrogen) atoms. The molecular weight excluding hydrogens is 268 g/mol. The van der Waals surface area contributed by atoms with Crippen LogP contribution in [-0.2, 0) is 4.74 Å². The summed E-state index contributed by atoms with van der Waals surface area (Å²) in [5.74, 6) is 0.955. The standard InChI is InChI=1S/C16H22N2O3/c1-2-20-15-11(4-3-5-12(15)17)16(19)18-13-8-9-21-14(13)10-6-7-10/h3-5,10,13-14H,2,6-9,17H2,1H3,(H,18,19). The van der Waals surface area contributed by atoms with Crippen LogP contribution < -0.4 is 15.8 Å². The summed E-state index contributed by atoms with van der Waals surface area (Å²) in [6.07, 6.45) is 3.46.